The van der Waals surface area contributed by atoms with Crippen molar-refractivity contribution < 1.29 is 26.3 Å². The van der Waals surface area contributed by atoms with Crippen LogP contribution >= 0.6 is 0 Å². The number of halogens is 6. The van der Waals surface area contributed by atoms with E-state index in [1.54, 1.807) is 19.3 Å². The molecule has 14 heteroatoms. The molecule has 36 heavy (non-hydrogen) atoms. The lowest BCUT2D eigenvalue weighted by atomic mass is 10.1. The fourth-order valence-electron chi connectivity index (χ4n) is 3.21. The fraction of sp³-hybridized carbons (Fsp3) is 0.227. The molecule has 0 saturated carbocycles. The molecule has 1 aliphatic heterocycles. The third kappa shape index (κ3) is 6.25. The van der Waals surface area contributed by atoms with Gasteiger partial charge in [0.25, 0.3) is 0 Å². The second-order valence-corrected chi connectivity index (χ2v) is 7.61. The van der Waals surface area contributed by atoms with E-state index in [2.05, 4.69) is 35.7 Å². The Morgan fingerprint density at radius 2 is 1.69 bits per heavy atom. The number of hydrogen-bond acceptors (Lipinski definition) is 7. The van der Waals surface area contributed by atoms with Crippen LogP contribution in [0.5, 0.6) is 0 Å². The van der Waals surface area contributed by atoms with E-state index in [4.69, 9.17) is 0 Å². The number of rotatable bonds is 4. The number of allylic oxidation sites excluding steroid dienone is 1. The zero-order valence-electron chi connectivity index (χ0n) is 18.6. The average Bonchev–Trinajstić information content (AvgIpc) is 3.20. The van der Waals surface area contributed by atoms with Gasteiger partial charge in [0.2, 0.25) is 5.96 Å². The van der Waals surface area contributed by atoms with Gasteiger partial charge in [-0.25, -0.2) is 9.98 Å². The molecule has 2 N–H and O–H groups in total. The maximum absolute atomic E-state index is 13.2. The van der Waals surface area contributed by atoms with E-state index in [1.165, 1.54) is 29.1 Å². The number of alkyl halides is 6. The number of hydrogen-bond donors (Lipinski definition) is 2. The van der Waals surface area contributed by atoms with Crippen molar-refractivity contribution in [1.82, 2.24) is 19.7 Å². The van der Waals surface area contributed by atoms with Gasteiger partial charge in [-0.05, 0) is 43.2 Å². The molecule has 4 rings (SSSR count). The van der Waals surface area contributed by atoms with Crippen molar-refractivity contribution in [2.75, 3.05) is 10.6 Å². The molecular weight excluding hydrogens is 490 g/mol. The number of aryl methyl sites for hydroxylation is 1. The van der Waals surface area contributed by atoms with Gasteiger partial charge in [0.15, 0.2) is 0 Å². The minimum Gasteiger partial charge on any atom is -0.340 e. The molecule has 0 unspecified atom stereocenters. The Kier molecular flexibility index (Phi) is 6.77. The number of nitrogens with one attached hydrogen (secondary N) is 2. The van der Waals surface area contributed by atoms with Crippen molar-refractivity contribution >= 4 is 23.0 Å². The molecule has 0 aliphatic carbocycles. The van der Waals surface area contributed by atoms with E-state index in [0.29, 0.717) is 5.69 Å². The van der Waals surface area contributed by atoms with Gasteiger partial charge in [0.05, 0.1) is 23.3 Å². The van der Waals surface area contributed by atoms with Crippen molar-refractivity contribution in [1.29, 1.82) is 0 Å². The minimum atomic E-state index is -4.63. The van der Waals surface area contributed by atoms with Crippen molar-refractivity contribution in [3.8, 4) is 0 Å². The highest BCUT2D eigenvalue weighted by atomic mass is 19.4. The average molecular weight is 508 g/mol. The van der Waals surface area contributed by atoms with Crippen molar-refractivity contribution in [3.63, 3.8) is 0 Å². The molecule has 0 radical (unpaired) electrons. The summed E-state index contributed by atoms with van der Waals surface area (Å²) >= 11 is 0. The van der Waals surface area contributed by atoms with Crippen LogP contribution in [-0.4, -0.2) is 31.4 Å². The van der Waals surface area contributed by atoms with Gasteiger partial charge in [0.1, 0.15) is 17.2 Å². The monoisotopic (exact) mass is 508 g/mol. The zero-order chi connectivity index (χ0) is 25.9. The highest BCUT2D eigenvalue weighted by Crippen LogP contribution is 2.30. The molecule has 3 aromatic rings. The molecule has 0 amide bonds. The van der Waals surface area contributed by atoms with Gasteiger partial charge in [-0.1, -0.05) is 6.07 Å². The van der Waals surface area contributed by atoms with Crippen LogP contribution in [0.25, 0.3) is 0 Å². The summed E-state index contributed by atoms with van der Waals surface area (Å²) in [6.45, 7) is 0. The number of guanidine groups is 1. The first-order valence-electron chi connectivity index (χ1n) is 10.4. The Bertz CT molecular complexity index is 1340. The molecule has 0 aromatic carbocycles. The van der Waals surface area contributed by atoms with E-state index in [9.17, 15) is 26.3 Å². The summed E-state index contributed by atoms with van der Waals surface area (Å²) < 4.78 is 80.1. The molecule has 4 heterocycles. The van der Waals surface area contributed by atoms with Gasteiger partial charge in [-0.2, -0.15) is 36.4 Å². The van der Waals surface area contributed by atoms with Crippen molar-refractivity contribution in [3.05, 3.63) is 77.9 Å². The minimum absolute atomic E-state index is 0.0271. The van der Waals surface area contributed by atoms with Crippen LogP contribution in [0.3, 0.4) is 0 Å². The van der Waals surface area contributed by atoms with Crippen LogP contribution in [0.1, 0.15) is 29.9 Å². The van der Waals surface area contributed by atoms with Crippen LogP contribution in [0.4, 0.5) is 37.7 Å². The van der Waals surface area contributed by atoms with Crippen LogP contribution in [-0.2, 0) is 19.4 Å². The summed E-state index contributed by atoms with van der Waals surface area (Å²) in [5, 5.41) is 9.76. The lowest BCUT2D eigenvalue weighted by Crippen LogP contribution is -2.18. The van der Waals surface area contributed by atoms with Gasteiger partial charge < -0.3 is 10.6 Å². The van der Waals surface area contributed by atoms with Gasteiger partial charge in [-0.3, -0.25) is 9.67 Å². The first kappa shape index (κ1) is 24.9. The number of anilines is 2. The Morgan fingerprint density at radius 1 is 0.917 bits per heavy atom. The molecule has 0 saturated heterocycles. The normalized spacial score (nSPS) is 19.1. The first-order valence-corrected chi connectivity index (χ1v) is 10.4. The largest absolute Gasteiger partial charge is 0.433 e. The summed E-state index contributed by atoms with van der Waals surface area (Å²) in [5.74, 6) is 0.154. The lowest BCUT2D eigenvalue weighted by Gasteiger charge is -2.15. The smallest absolute Gasteiger partial charge is 0.340 e. The summed E-state index contributed by atoms with van der Waals surface area (Å²) in [6, 6.07) is 5.70. The first-order chi connectivity index (χ1) is 17.0. The van der Waals surface area contributed by atoms with E-state index in [-0.39, 0.29) is 41.7 Å². The maximum Gasteiger partial charge on any atom is 0.433 e. The quantitative estimate of drug-likeness (QED) is 0.470. The maximum atomic E-state index is 13.2. The van der Waals surface area contributed by atoms with Crippen molar-refractivity contribution in [2.24, 2.45) is 17.0 Å². The van der Waals surface area contributed by atoms with Gasteiger partial charge >= 0.3 is 12.4 Å². The van der Waals surface area contributed by atoms with E-state index in [1.807, 2.05) is 0 Å². The zero-order valence-corrected chi connectivity index (χ0v) is 18.6. The molecule has 188 valence electrons. The highest BCUT2D eigenvalue weighted by molar-refractivity contribution is 6.09. The second kappa shape index (κ2) is 9.79. The highest BCUT2D eigenvalue weighted by Gasteiger charge is 2.33. The second-order valence-electron chi connectivity index (χ2n) is 7.61. The summed E-state index contributed by atoms with van der Waals surface area (Å²) in [6.07, 6.45) is -3.07. The molecule has 8 nitrogen and oxygen atoms in total. The fourth-order valence-corrected chi connectivity index (χ4v) is 3.21. The van der Waals surface area contributed by atoms with Crippen molar-refractivity contribution in [2.45, 2.75) is 25.2 Å². The predicted octanol–water partition coefficient (Wildman–Crippen LogP) is 5.25. The van der Waals surface area contributed by atoms with E-state index < -0.39 is 23.7 Å². The Labute approximate surface area is 200 Å². The van der Waals surface area contributed by atoms with Gasteiger partial charge in [0, 0.05) is 25.1 Å². The van der Waals surface area contributed by atoms with Crippen LogP contribution < -0.4 is 10.6 Å². The molecule has 1 aliphatic rings. The Balaban J connectivity index is 1.69. The summed E-state index contributed by atoms with van der Waals surface area (Å²) in [5.41, 5.74) is -1.28. The molecule has 0 fully saturated rings. The third-order valence-corrected chi connectivity index (χ3v) is 4.81. The molecule has 0 atom stereocenters. The molecular formula is C22H18F6N8. The number of nitrogens with zero attached hydrogens (tertiary/aromatic N) is 6. The number of pyridine rings is 2. The summed E-state index contributed by atoms with van der Waals surface area (Å²) in [7, 11) is 1.68. The van der Waals surface area contributed by atoms with Crippen LogP contribution in [0.15, 0.2) is 70.8 Å². The topological polar surface area (TPSA) is 92.4 Å². The Morgan fingerprint density at radius 3 is 2.39 bits per heavy atom. The molecule has 0 spiro atoms. The number of aliphatic imine (C=N–C) groups is 2. The lowest BCUT2D eigenvalue weighted by molar-refractivity contribution is -0.141. The van der Waals surface area contributed by atoms with Crippen LogP contribution in [0.2, 0.25) is 0 Å². The standard InChI is InChI=1S/C22H18F6N8/c1-36-12-14(11-30-36)32-20-34-16(15-4-2-6-17(33-15)21(23,24)25)5-3-7-19(35-20)31-13-8-9-29-18(10-13)22(26,27)28/h2,4,6-12H,3,5H2,1H3,(H,29,31)(H,32,35)/b19-7-,34-16+. The Hall–Kier alpha value is -4.23. The third-order valence-electron chi connectivity index (χ3n) is 4.81. The van der Waals surface area contributed by atoms with E-state index in [0.717, 1.165) is 18.3 Å². The SMILES string of the molecule is Cn1cc(NC2=N/C(Nc3ccnc(C(F)(F)F)c3)=C\CC/C(c3cccc(C(F)(F)F)n3)=N\2)cn1. The number of aromatic nitrogens is 4. The molecule has 0 bridgehead atoms. The summed E-state index contributed by atoms with van der Waals surface area (Å²) in [4.78, 5) is 15.8. The predicted molar refractivity (Wildman–Crippen MR) is 120 cm³/mol. The van der Waals surface area contributed by atoms with Gasteiger partial charge in [-0.15, -0.1) is 0 Å². The van der Waals surface area contributed by atoms with E-state index >= 15 is 0 Å². The molecule has 3 aromatic heterocycles. The van der Waals surface area contributed by atoms with Crippen LogP contribution in [0, 0.1) is 0 Å².